The van der Waals surface area contributed by atoms with Gasteiger partial charge in [-0.2, -0.15) is 0 Å². The van der Waals surface area contributed by atoms with Gasteiger partial charge >= 0.3 is 0 Å². The molecule has 34 heavy (non-hydrogen) atoms. The molecule has 0 bridgehead atoms. The van der Waals surface area contributed by atoms with Crippen LogP contribution in [0.5, 0.6) is 0 Å². The lowest BCUT2D eigenvalue weighted by molar-refractivity contribution is 0.0118. The van der Waals surface area contributed by atoms with E-state index in [2.05, 4.69) is 13.8 Å². The summed E-state index contributed by atoms with van der Waals surface area (Å²) in [6.45, 7) is 4.55. The van der Waals surface area contributed by atoms with Crippen LogP contribution in [0.4, 0.5) is 13.2 Å². The van der Waals surface area contributed by atoms with E-state index in [1.54, 1.807) is 6.07 Å². The van der Waals surface area contributed by atoms with E-state index in [-0.39, 0.29) is 30.4 Å². The second-order valence-electron chi connectivity index (χ2n) is 10.5. The monoisotopic (exact) mass is 472 g/mol. The first-order valence-electron chi connectivity index (χ1n) is 13.4. The minimum atomic E-state index is -0.645. The van der Waals surface area contributed by atoms with Crippen molar-refractivity contribution in [2.75, 3.05) is 0 Å². The number of rotatable bonds is 8. The van der Waals surface area contributed by atoms with Crippen molar-refractivity contribution in [1.29, 1.82) is 0 Å². The van der Waals surface area contributed by atoms with Crippen molar-refractivity contribution < 1.29 is 17.9 Å². The third-order valence-electron chi connectivity index (χ3n) is 8.25. The molecule has 2 aromatic carbocycles. The molecule has 2 fully saturated rings. The second-order valence-corrected chi connectivity index (χ2v) is 10.5. The summed E-state index contributed by atoms with van der Waals surface area (Å²) >= 11 is 0. The van der Waals surface area contributed by atoms with Crippen LogP contribution in [0.1, 0.15) is 112 Å². The first-order chi connectivity index (χ1) is 16.5. The van der Waals surface area contributed by atoms with Gasteiger partial charge in [0.25, 0.3) is 0 Å². The number of ether oxygens (including phenoxy) is 1. The molecule has 0 radical (unpaired) electrons. The Bertz CT molecular complexity index is 940. The highest BCUT2D eigenvalue weighted by Gasteiger charge is 2.29. The molecule has 4 rings (SSSR count). The topological polar surface area (TPSA) is 9.23 Å². The Morgan fingerprint density at radius 2 is 1.35 bits per heavy atom. The van der Waals surface area contributed by atoms with Gasteiger partial charge in [-0.05, 0) is 98.3 Å². The molecule has 2 saturated carbocycles. The number of hydrogen-bond donors (Lipinski definition) is 0. The normalized spacial score (nSPS) is 25.4. The molecular weight excluding hydrogens is 433 g/mol. The Morgan fingerprint density at radius 3 is 1.88 bits per heavy atom. The summed E-state index contributed by atoms with van der Waals surface area (Å²) in [5.41, 5.74) is 2.68. The highest BCUT2D eigenvalue weighted by atomic mass is 19.2. The van der Waals surface area contributed by atoms with E-state index in [9.17, 15) is 4.39 Å². The number of benzene rings is 2. The lowest BCUT2D eigenvalue weighted by Gasteiger charge is -2.31. The first kappa shape index (κ1) is 25.3. The Balaban J connectivity index is 1.31. The maximum Gasteiger partial charge on any atom is 0.162 e. The van der Waals surface area contributed by atoms with Gasteiger partial charge < -0.3 is 4.74 Å². The van der Waals surface area contributed by atoms with Crippen molar-refractivity contribution in [2.45, 2.75) is 109 Å². The zero-order chi connectivity index (χ0) is 24.1. The summed E-state index contributed by atoms with van der Waals surface area (Å²) in [5, 5.41) is 0. The third kappa shape index (κ3) is 5.87. The summed E-state index contributed by atoms with van der Waals surface area (Å²) in [6, 6.07) is 9.07. The second kappa shape index (κ2) is 11.7. The summed E-state index contributed by atoms with van der Waals surface area (Å²) in [7, 11) is 0. The smallest absolute Gasteiger partial charge is 0.162 e. The molecule has 0 saturated heterocycles. The van der Waals surface area contributed by atoms with Crippen molar-refractivity contribution in [3.05, 3.63) is 70.0 Å². The van der Waals surface area contributed by atoms with Crippen LogP contribution < -0.4 is 0 Å². The van der Waals surface area contributed by atoms with Crippen LogP contribution in [0.25, 0.3) is 0 Å². The fourth-order valence-corrected chi connectivity index (χ4v) is 5.99. The van der Waals surface area contributed by atoms with Crippen molar-refractivity contribution in [2.24, 2.45) is 5.92 Å². The Kier molecular flexibility index (Phi) is 8.74. The minimum Gasteiger partial charge on any atom is -0.373 e. The fourth-order valence-electron chi connectivity index (χ4n) is 5.99. The van der Waals surface area contributed by atoms with Crippen LogP contribution in [0.3, 0.4) is 0 Å². The van der Waals surface area contributed by atoms with Crippen molar-refractivity contribution in [3.8, 4) is 0 Å². The number of aryl methyl sites for hydroxylation is 1. The molecule has 0 unspecified atom stereocenters. The molecule has 0 N–H and O–H groups in total. The average Bonchev–Trinajstić information content (AvgIpc) is 2.86. The maximum absolute atomic E-state index is 15.1. The summed E-state index contributed by atoms with van der Waals surface area (Å²) < 4.78 is 50.5. The number of halogens is 3. The van der Waals surface area contributed by atoms with Gasteiger partial charge in [0, 0.05) is 5.56 Å². The molecule has 0 spiro atoms. The Morgan fingerprint density at radius 1 is 0.765 bits per heavy atom. The minimum absolute atomic E-state index is 0.0179. The highest BCUT2D eigenvalue weighted by Crippen LogP contribution is 2.41. The zero-order valence-electron chi connectivity index (χ0n) is 20.7. The quantitative estimate of drug-likeness (QED) is 0.372. The van der Waals surface area contributed by atoms with Crippen LogP contribution >= 0.6 is 0 Å². The van der Waals surface area contributed by atoms with Gasteiger partial charge in [0.15, 0.2) is 11.6 Å². The van der Waals surface area contributed by atoms with E-state index in [4.69, 9.17) is 4.74 Å². The summed E-state index contributed by atoms with van der Waals surface area (Å²) in [4.78, 5) is 0. The standard InChI is InChI=1S/C30H39F3O/c1-3-5-21-8-11-24(28(31)18-21)19-34-25-14-12-23(13-15-25)27-17-16-26(29(32)30(27)33)22-9-6-20(4-2)7-10-22/h8,11,16-18,20,22-23,25H,3-7,9-10,12-15,19H2,1-2H3. The molecule has 0 aliphatic heterocycles. The molecule has 0 amide bonds. The van der Waals surface area contributed by atoms with Gasteiger partial charge in [-0.3, -0.25) is 0 Å². The Labute approximate surface area is 203 Å². The number of hydrogen-bond acceptors (Lipinski definition) is 1. The van der Waals surface area contributed by atoms with Gasteiger partial charge in [0.1, 0.15) is 5.82 Å². The van der Waals surface area contributed by atoms with E-state index in [1.165, 1.54) is 6.42 Å². The fraction of sp³-hybridized carbons (Fsp3) is 0.600. The van der Waals surface area contributed by atoms with Gasteiger partial charge in [-0.1, -0.05) is 51.0 Å². The lowest BCUT2D eigenvalue weighted by atomic mass is 9.76. The summed E-state index contributed by atoms with van der Waals surface area (Å²) in [6.07, 6.45) is 10.3. The molecule has 2 aliphatic rings. The zero-order valence-corrected chi connectivity index (χ0v) is 20.7. The lowest BCUT2D eigenvalue weighted by Crippen LogP contribution is -2.22. The third-order valence-corrected chi connectivity index (χ3v) is 8.25. The summed E-state index contributed by atoms with van der Waals surface area (Å²) in [5.74, 6) is -0.582. The molecular formula is C30H39F3O. The van der Waals surface area contributed by atoms with E-state index in [1.807, 2.05) is 24.3 Å². The molecule has 186 valence electrons. The molecule has 0 heterocycles. The van der Waals surface area contributed by atoms with Gasteiger partial charge in [-0.25, -0.2) is 13.2 Å². The predicted molar refractivity (Wildman–Crippen MR) is 132 cm³/mol. The SMILES string of the molecule is CCCc1ccc(COC2CCC(c3ccc(C4CCC(CC)CC4)c(F)c3F)CC2)c(F)c1. The maximum atomic E-state index is 15.1. The van der Waals surface area contributed by atoms with Gasteiger partial charge in [0.05, 0.1) is 12.7 Å². The van der Waals surface area contributed by atoms with Crippen LogP contribution in [0, 0.1) is 23.4 Å². The van der Waals surface area contributed by atoms with Gasteiger partial charge in [0.2, 0.25) is 0 Å². The van der Waals surface area contributed by atoms with Gasteiger partial charge in [-0.15, -0.1) is 0 Å². The van der Waals surface area contributed by atoms with Crippen molar-refractivity contribution in [3.63, 3.8) is 0 Å². The van der Waals surface area contributed by atoms with Crippen molar-refractivity contribution in [1.82, 2.24) is 0 Å². The van der Waals surface area contributed by atoms with Crippen LogP contribution in [-0.2, 0) is 17.8 Å². The van der Waals surface area contributed by atoms with E-state index >= 15 is 8.78 Å². The first-order valence-corrected chi connectivity index (χ1v) is 13.4. The Hall–Kier alpha value is -1.81. The average molecular weight is 473 g/mol. The van der Waals surface area contributed by atoms with E-state index in [0.717, 1.165) is 75.7 Å². The molecule has 0 atom stereocenters. The van der Waals surface area contributed by atoms with Crippen LogP contribution in [0.15, 0.2) is 30.3 Å². The van der Waals surface area contributed by atoms with Crippen LogP contribution in [-0.4, -0.2) is 6.10 Å². The highest BCUT2D eigenvalue weighted by molar-refractivity contribution is 5.32. The molecule has 0 aromatic heterocycles. The predicted octanol–water partition coefficient (Wildman–Crippen LogP) is 8.98. The largest absolute Gasteiger partial charge is 0.373 e. The molecule has 2 aromatic rings. The molecule has 4 heteroatoms. The molecule has 1 nitrogen and oxygen atoms in total. The van der Waals surface area contributed by atoms with Crippen molar-refractivity contribution >= 4 is 0 Å². The van der Waals surface area contributed by atoms with E-state index < -0.39 is 11.6 Å². The van der Waals surface area contributed by atoms with E-state index in [0.29, 0.717) is 16.7 Å². The van der Waals surface area contributed by atoms with Crippen LogP contribution in [0.2, 0.25) is 0 Å². The molecule has 2 aliphatic carbocycles.